The van der Waals surface area contributed by atoms with Crippen molar-refractivity contribution in [2.75, 3.05) is 11.1 Å². The Morgan fingerprint density at radius 2 is 2.00 bits per heavy atom. The molecule has 0 saturated carbocycles. The van der Waals surface area contributed by atoms with E-state index >= 15 is 0 Å². The summed E-state index contributed by atoms with van der Waals surface area (Å²) in [6.45, 7) is 0. The van der Waals surface area contributed by atoms with Gasteiger partial charge in [-0.1, -0.05) is 17.7 Å². The van der Waals surface area contributed by atoms with Crippen molar-refractivity contribution in [3.63, 3.8) is 0 Å². The fourth-order valence-corrected chi connectivity index (χ4v) is 1.68. The second-order valence-corrected chi connectivity index (χ2v) is 4.05. The Morgan fingerprint density at radius 3 is 2.72 bits per heavy atom. The molecule has 3 N–H and O–H groups in total. The molecule has 0 spiro atoms. The number of nitrogens with two attached hydrogens (primary N) is 1. The molecule has 90 valence electrons. The predicted molar refractivity (Wildman–Crippen MR) is 70.3 cm³/mol. The molecule has 0 bridgehead atoms. The average Bonchev–Trinajstić information content (AvgIpc) is 2.37. The van der Waals surface area contributed by atoms with E-state index in [4.69, 9.17) is 22.6 Å². The van der Waals surface area contributed by atoms with Gasteiger partial charge in [-0.3, -0.25) is 0 Å². The van der Waals surface area contributed by atoms with Crippen LogP contribution in [-0.4, -0.2) is 0 Å². The number of nitriles is 1. The summed E-state index contributed by atoms with van der Waals surface area (Å²) in [5.41, 5.74) is 7.09. The van der Waals surface area contributed by atoms with Crippen LogP contribution in [0.1, 0.15) is 5.56 Å². The molecule has 0 amide bonds. The van der Waals surface area contributed by atoms with Crippen LogP contribution in [0.3, 0.4) is 0 Å². The number of anilines is 3. The highest BCUT2D eigenvalue weighted by molar-refractivity contribution is 6.31. The maximum atomic E-state index is 13.7. The Hall–Kier alpha value is -2.25. The second kappa shape index (κ2) is 4.94. The third kappa shape index (κ3) is 2.36. The Bertz CT molecular complexity index is 635. The van der Waals surface area contributed by atoms with E-state index in [2.05, 4.69) is 5.32 Å². The van der Waals surface area contributed by atoms with Gasteiger partial charge in [0.2, 0.25) is 0 Å². The number of benzene rings is 2. The molecule has 2 aromatic carbocycles. The molecule has 0 unspecified atom stereocenters. The summed E-state index contributed by atoms with van der Waals surface area (Å²) in [6.07, 6.45) is 0. The molecule has 0 atom stereocenters. The van der Waals surface area contributed by atoms with Gasteiger partial charge >= 0.3 is 0 Å². The number of hydrogen-bond donors (Lipinski definition) is 2. The SMILES string of the molecule is N#Cc1cc(N)ccc1Nc1cccc(Cl)c1F. The third-order valence-electron chi connectivity index (χ3n) is 2.39. The lowest BCUT2D eigenvalue weighted by atomic mass is 10.1. The molecule has 0 aliphatic heterocycles. The van der Waals surface area contributed by atoms with Gasteiger partial charge in [0.15, 0.2) is 5.82 Å². The molecule has 2 rings (SSSR count). The van der Waals surface area contributed by atoms with E-state index in [1.54, 1.807) is 24.3 Å². The van der Waals surface area contributed by atoms with E-state index in [-0.39, 0.29) is 10.7 Å². The molecule has 3 nitrogen and oxygen atoms in total. The zero-order valence-electron chi connectivity index (χ0n) is 9.24. The number of nitrogen functional groups attached to an aromatic ring is 1. The lowest BCUT2D eigenvalue weighted by Gasteiger charge is -2.10. The minimum atomic E-state index is -0.556. The fourth-order valence-electron chi connectivity index (χ4n) is 1.51. The maximum Gasteiger partial charge on any atom is 0.165 e. The van der Waals surface area contributed by atoms with Crippen molar-refractivity contribution in [1.29, 1.82) is 5.26 Å². The van der Waals surface area contributed by atoms with Gasteiger partial charge in [-0.25, -0.2) is 4.39 Å². The highest BCUT2D eigenvalue weighted by Gasteiger charge is 2.08. The lowest BCUT2D eigenvalue weighted by Crippen LogP contribution is -1.97. The van der Waals surface area contributed by atoms with Crippen molar-refractivity contribution < 1.29 is 4.39 Å². The Morgan fingerprint density at radius 1 is 1.22 bits per heavy atom. The summed E-state index contributed by atoms with van der Waals surface area (Å²) in [4.78, 5) is 0. The standard InChI is InChI=1S/C13H9ClFN3/c14-10-2-1-3-12(13(10)15)18-11-5-4-9(17)6-8(11)7-16/h1-6,18H,17H2. The summed E-state index contributed by atoms with van der Waals surface area (Å²) in [5.74, 6) is -0.556. The van der Waals surface area contributed by atoms with Gasteiger partial charge in [0.25, 0.3) is 0 Å². The first-order valence-electron chi connectivity index (χ1n) is 5.12. The van der Waals surface area contributed by atoms with Crippen molar-refractivity contribution in [2.45, 2.75) is 0 Å². The van der Waals surface area contributed by atoms with Crippen molar-refractivity contribution in [1.82, 2.24) is 0 Å². The molecule has 0 aliphatic carbocycles. The largest absolute Gasteiger partial charge is 0.399 e. The molecular formula is C13H9ClFN3. The van der Waals surface area contributed by atoms with Crippen LogP contribution in [-0.2, 0) is 0 Å². The summed E-state index contributed by atoms with van der Waals surface area (Å²) >= 11 is 5.68. The Labute approximate surface area is 109 Å². The van der Waals surface area contributed by atoms with Gasteiger partial charge in [0, 0.05) is 5.69 Å². The van der Waals surface area contributed by atoms with E-state index in [9.17, 15) is 4.39 Å². The first kappa shape index (κ1) is 12.2. The van der Waals surface area contributed by atoms with E-state index in [0.717, 1.165) is 0 Å². The van der Waals surface area contributed by atoms with Crippen LogP contribution in [0.15, 0.2) is 36.4 Å². The number of rotatable bonds is 2. The maximum absolute atomic E-state index is 13.7. The van der Waals surface area contributed by atoms with Crippen LogP contribution in [0.5, 0.6) is 0 Å². The van der Waals surface area contributed by atoms with Gasteiger partial charge in [0.05, 0.1) is 22.0 Å². The number of halogens is 2. The summed E-state index contributed by atoms with van der Waals surface area (Å²) in [6, 6.07) is 11.4. The molecule has 0 fully saturated rings. The number of hydrogen-bond acceptors (Lipinski definition) is 3. The molecule has 0 aromatic heterocycles. The minimum Gasteiger partial charge on any atom is -0.399 e. The van der Waals surface area contributed by atoms with Crippen molar-refractivity contribution in [2.24, 2.45) is 0 Å². The van der Waals surface area contributed by atoms with Crippen LogP contribution in [0.2, 0.25) is 5.02 Å². The monoisotopic (exact) mass is 261 g/mol. The van der Waals surface area contributed by atoms with Gasteiger partial charge in [-0.2, -0.15) is 5.26 Å². The molecule has 0 radical (unpaired) electrons. The van der Waals surface area contributed by atoms with Gasteiger partial charge in [-0.15, -0.1) is 0 Å². The van der Waals surface area contributed by atoms with Crippen LogP contribution in [0.4, 0.5) is 21.5 Å². The highest BCUT2D eigenvalue weighted by atomic mass is 35.5. The average molecular weight is 262 g/mol. The number of nitrogens with zero attached hydrogens (tertiary/aromatic N) is 1. The van der Waals surface area contributed by atoms with Crippen molar-refractivity contribution in [3.8, 4) is 6.07 Å². The van der Waals surface area contributed by atoms with Crippen LogP contribution >= 0.6 is 11.6 Å². The molecule has 0 aliphatic rings. The van der Waals surface area contributed by atoms with Crippen LogP contribution in [0, 0.1) is 17.1 Å². The molecule has 5 heteroatoms. The molecule has 2 aromatic rings. The molecule has 18 heavy (non-hydrogen) atoms. The summed E-state index contributed by atoms with van der Waals surface area (Å²) < 4.78 is 13.7. The first-order chi connectivity index (χ1) is 8.61. The summed E-state index contributed by atoms with van der Waals surface area (Å²) in [7, 11) is 0. The topological polar surface area (TPSA) is 61.8 Å². The predicted octanol–water partition coefficient (Wildman–Crippen LogP) is 3.68. The first-order valence-corrected chi connectivity index (χ1v) is 5.50. The molecule has 0 saturated heterocycles. The van der Waals surface area contributed by atoms with E-state index in [1.807, 2.05) is 6.07 Å². The van der Waals surface area contributed by atoms with Crippen LogP contribution in [0.25, 0.3) is 0 Å². The van der Waals surface area contributed by atoms with E-state index in [1.165, 1.54) is 12.1 Å². The molecule has 0 heterocycles. The minimum absolute atomic E-state index is 0.0222. The Kier molecular flexibility index (Phi) is 3.35. The zero-order valence-corrected chi connectivity index (χ0v) is 10.0. The van der Waals surface area contributed by atoms with Crippen LogP contribution < -0.4 is 11.1 Å². The molecular weight excluding hydrogens is 253 g/mol. The van der Waals surface area contributed by atoms with Gasteiger partial charge in [-0.05, 0) is 30.3 Å². The third-order valence-corrected chi connectivity index (χ3v) is 2.68. The second-order valence-electron chi connectivity index (χ2n) is 3.64. The highest BCUT2D eigenvalue weighted by Crippen LogP contribution is 2.27. The number of nitrogens with one attached hydrogen (secondary N) is 1. The Balaban J connectivity index is 2.41. The smallest absolute Gasteiger partial charge is 0.165 e. The summed E-state index contributed by atoms with van der Waals surface area (Å²) in [5, 5.41) is 11.8. The zero-order chi connectivity index (χ0) is 13.1. The fraction of sp³-hybridized carbons (Fsp3) is 0. The quantitative estimate of drug-likeness (QED) is 0.811. The van der Waals surface area contributed by atoms with E-state index in [0.29, 0.717) is 16.9 Å². The van der Waals surface area contributed by atoms with Gasteiger partial charge in [0.1, 0.15) is 6.07 Å². The lowest BCUT2D eigenvalue weighted by molar-refractivity contribution is 0.632. The van der Waals surface area contributed by atoms with Crippen molar-refractivity contribution >= 4 is 28.7 Å². The van der Waals surface area contributed by atoms with Crippen molar-refractivity contribution in [3.05, 3.63) is 52.8 Å². The van der Waals surface area contributed by atoms with Gasteiger partial charge < -0.3 is 11.1 Å². The normalized spacial score (nSPS) is 9.83. The van der Waals surface area contributed by atoms with E-state index < -0.39 is 5.82 Å².